The minimum absolute atomic E-state index is 0.0750. The van der Waals surface area contributed by atoms with Gasteiger partial charge in [-0.1, -0.05) is 35.5 Å². The van der Waals surface area contributed by atoms with E-state index >= 15 is 0 Å². The van der Waals surface area contributed by atoms with E-state index in [1.807, 2.05) is 0 Å². The standard InChI is InChI=1S/C33H22N2O10/c1-44-18-11-17(36)21-22(26(18)37)28(39)24-23(27(21)38)30(41)33(31(24)42)9-8-15-19(13-6-4-3-5-7-13)16-10-14(12-34-45-2)35-32(43)20(16)29(40)25(15)33/h3-7,10-12,40-42H,8-9H2,1-2H3,(H,35,43)/t33-/m0/s1. The third-order valence-corrected chi connectivity index (χ3v) is 8.81. The average Bonchev–Trinajstić information content (AvgIpc) is 3.53. The van der Waals surface area contributed by atoms with Gasteiger partial charge >= 0.3 is 0 Å². The molecule has 0 amide bonds. The lowest BCUT2D eigenvalue weighted by molar-refractivity contribution is 0.215. The molecule has 4 aliphatic rings. The quantitative estimate of drug-likeness (QED) is 0.162. The molecule has 224 valence electrons. The number of benzene rings is 2. The van der Waals surface area contributed by atoms with Gasteiger partial charge in [0.05, 0.1) is 45.3 Å². The molecule has 0 aliphatic heterocycles. The molecule has 4 aliphatic carbocycles. The second kappa shape index (κ2) is 9.48. The molecule has 0 unspecified atom stereocenters. The summed E-state index contributed by atoms with van der Waals surface area (Å²) >= 11 is 0. The van der Waals surface area contributed by atoms with Gasteiger partial charge in [0.15, 0.2) is 11.2 Å². The van der Waals surface area contributed by atoms with Crippen molar-refractivity contribution >= 4 is 28.5 Å². The number of pyridine rings is 1. The molecule has 7 rings (SSSR count). The minimum Gasteiger partial charge on any atom is -0.510 e. The molecule has 45 heavy (non-hydrogen) atoms. The fourth-order valence-electron chi connectivity index (χ4n) is 6.98. The van der Waals surface area contributed by atoms with E-state index in [9.17, 15) is 39.3 Å². The number of phenols is 1. The third-order valence-electron chi connectivity index (χ3n) is 8.81. The Labute approximate surface area is 250 Å². The highest BCUT2D eigenvalue weighted by Crippen LogP contribution is 2.56. The van der Waals surface area contributed by atoms with Gasteiger partial charge in [0.1, 0.15) is 29.8 Å². The summed E-state index contributed by atoms with van der Waals surface area (Å²) in [7, 11) is 2.46. The smallest absolute Gasteiger partial charge is 0.260 e. The highest BCUT2D eigenvalue weighted by Gasteiger charge is 2.54. The molecule has 2 aromatic carbocycles. The van der Waals surface area contributed by atoms with E-state index in [1.54, 1.807) is 36.4 Å². The van der Waals surface area contributed by atoms with Crippen LogP contribution in [0.1, 0.15) is 23.2 Å². The highest BCUT2D eigenvalue weighted by atomic mass is 16.6. The molecule has 0 fully saturated rings. The minimum atomic E-state index is -2.03. The average molecular weight is 607 g/mol. The van der Waals surface area contributed by atoms with Crippen molar-refractivity contribution in [1.29, 1.82) is 0 Å². The Kier molecular flexibility index (Phi) is 5.85. The fraction of sp³-hybridized carbons (Fsp3) is 0.152. The lowest BCUT2D eigenvalue weighted by atomic mass is 9.77. The Morgan fingerprint density at radius 2 is 1.53 bits per heavy atom. The van der Waals surface area contributed by atoms with Crippen LogP contribution in [-0.4, -0.2) is 40.7 Å². The number of H-pyrrole nitrogens is 1. The zero-order chi connectivity index (χ0) is 31.9. The molecule has 0 saturated heterocycles. The van der Waals surface area contributed by atoms with Crippen LogP contribution in [0, 0.1) is 10.4 Å². The van der Waals surface area contributed by atoms with Gasteiger partial charge in [0.25, 0.3) is 5.56 Å². The van der Waals surface area contributed by atoms with Crippen LogP contribution in [0.3, 0.4) is 0 Å². The zero-order valence-electron chi connectivity index (χ0n) is 23.7. The molecule has 1 spiro atoms. The molecule has 0 radical (unpaired) electrons. The van der Waals surface area contributed by atoms with Crippen molar-refractivity contribution in [2.24, 2.45) is 5.16 Å². The molecule has 1 heterocycles. The highest BCUT2D eigenvalue weighted by molar-refractivity contribution is 6.06. The van der Waals surface area contributed by atoms with Crippen LogP contribution >= 0.6 is 0 Å². The summed E-state index contributed by atoms with van der Waals surface area (Å²) in [5, 5.41) is 36.5. The number of aliphatic hydroxyl groups excluding tert-OH is 2. The first-order chi connectivity index (χ1) is 21.6. The number of ether oxygens (including phenoxy) is 1. The van der Waals surface area contributed by atoms with Crippen molar-refractivity contribution in [3.63, 3.8) is 0 Å². The van der Waals surface area contributed by atoms with Crippen molar-refractivity contribution < 1.29 is 24.9 Å². The maximum atomic E-state index is 13.8. The van der Waals surface area contributed by atoms with Gasteiger partial charge in [-0.15, -0.1) is 0 Å². The van der Waals surface area contributed by atoms with Crippen molar-refractivity contribution in [2.75, 3.05) is 14.2 Å². The van der Waals surface area contributed by atoms with Gasteiger partial charge < -0.3 is 29.9 Å². The van der Waals surface area contributed by atoms with Crippen LogP contribution in [0.2, 0.25) is 0 Å². The van der Waals surface area contributed by atoms with Crippen LogP contribution in [-0.2, 0) is 16.7 Å². The zero-order valence-corrected chi connectivity index (χ0v) is 23.7. The first kappa shape index (κ1) is 27.8. The van der Waals surface area contributed by atoms with Crippen molar-refractivity contribution in [3.05, 3.63) is 131 Å². The number of aromatic amines is 1. The number of nitrogens with zero attached hydrogens (tertiary/aromatic N) is 1. The number of aromatic nitrogens is 1. The number of rotatable bonds is 4. The molecule has 3 aromatic rings. The number of hydrogen-bond acceptors (Lipinski definition) is 11. The van der Waals surface area contributed by atoms with Crippen LogP contribution in [0.15, 0.2) is 71.6 Å². The molecular weight excluding hydrogens is 584 g/mol. The number of aromatic hydroxyl groups is 1. The Balaban J connectivity index is 1.69. The van der Waals surface area contributed by atoms with E-state index in [2.05, 4.69) is 10.1 Å². The summed E-state index contributed by atoms with van der Waals surface area (Å²) in [6, 6.07) is 11.3. The van der Waals surface area contributed by atoms with Crippen molar-refractivity contribution in [3.8, 4) is 22.6 Å². The maximum Gasteiger partial charge on any atom is 0.260 e. The number of methoxy groups -OCH3 is 1. The lowest BCUT2D eigenvalue weighted by Gasteiger charge is -2.28. The number of phenolic OH excluding ortho intramolecular Hbond substituents is 1. The fourth-order valence-corrected chi connectivity index (χ4v) is 6.98. The molecule has 0 saturated carbocycles. The first-order valence-corrected chi connectivity index (χ1v) is 13.7. The Morgan fingerprint density at radius 1 is 0.867 bits per heavy atom. The van der Waals surface area contributed by atoms with Gasteiger partial charge in [-0.2, -0.15) is 0 Å². The maximum absolute atomic E-state index is 13.8. The Bertz CT molecular complexity index is 2650. The van der Waals surface area contributed by atoms with Crippen molar-refractivity contribution in [1.82, 2.24) is 4.98 Å². The second-order valence-electron chi connectivity index (χ2n) is 10.9. The monoisotopic (exact) mass is 606 g/mol. The first-order valence-electron chi connectivity index (χ1n) is 13.7. The van der Waals surface area contributed by atoms with Gasteiger partial charge in [-0.05, 0) is 35.6 Å². The van der Waals surface area contributed by atoms with Gasteiger partial charge in [-0.3, -0.25) is 24.0 Å². The summed E-state index contributed by atoms with van der Waals surface area (Å²) in [5.74, 6) is -2.59. The number of nitrogens with one attached hydrogen (secondary N) is 1. The molecule has 12 nitrogen and oxygen atoms in total. The predicted octanol–water partition coefficient (Wildman–Crippen LogP) is 0.161. The van der Waals surface area contributed by atoms with Crippen LogP contribution in [0.25, 0.3) is 33.4 Å². The Morgan fingerprint density at radius 3 is 2.18 bits per heavy atom. The number of aliphatic hydroxyl groups is 2. The van der Waals surface area contributed by atoms with E-state index in [1.165, 1.54) is 13.3 Å². The summed E-state index contributed by atoms with van der Waals surface area (Å²) in [5.41, 5.74) is -5.22. The normalized spacial score (nSPS) is 17.1. The predicted molar refractivity (Wildman–Crippen MR) is 163 cm³/mol. The van der Waals surface area contributed by atoms with E-state index in [-0.39, 0.29) is 29.5 Å². The molecular formula is C33H22N2O10. The molecule has 0 bridgehead atoms. The summed E-state index contributed by atoms with van der Waals surface area (Å²) in [6.45, 7) is 0. The van der Waals surface area contributed by atoms with Gasteiger partial charge in [-0.25, -0.2) is 0 Å². The van der Waals surface area contributed by atoms with E-state index in [0.29, 0.717) is 22.1 Å². The molecule has 12 heteroatoms. The van der Waals surface area contributed by atoms with Crippen LogP contribution in [0.5, 0.6) is 11.5 Å². The summed E-state index contributed by atoms with van der Waals surface area (Å²) in [4.78, 5) is 74.4. The number of hydrogen-bond donors (Lipinski definition) is 4. The van der Waals surface area contributed by atoms with Crippen molar-refractivity contribution in [2.45, 2.75) is 18.3 Å². The third kappa shape index (κ3) is 3.41. The van der Waals surface area contributed by atoms with Gasteiger partial charge in [0.2, 0.25) is 16.3 Å². The Hall–Kier alpha value is -6.04. The molecule has 1 aromatic heterocycles. The van der Waals surface area contributed by atoms with E-state index in [4.69, 9.17) is 9.57 Å². The van der Waals surface area contributed by atoms with Crippen LogP contribution in [0.4, 0.5) is 0 Å². The molecule has 4 N–H and O–H groups in total. The topological polar surface area (TPSA) is 193 Å². The van der Waals surface area contributed by atoms with Gasteiger partial charge in [0, 0.05) is 17.0 Å². The van der Waals surface area contributed by atoms with E-state index < -0.39 is 76.6 Å². The number of oxime groups is 1. The SMILES string of the molecule is CON=Cc1cc2c(-c3ccccc3)c3c(c(O)c2c(=O)[nH]1)[C@@]1(CC3)C(O)=c2c(=O)c3c(=O)cc(OC)c(=O)c=3c(=O)c2=C1O. The van der Waals surface area contributed by atoms with Crippen LogP contribution < -0.4 is 42.4 Å². The second-order valence-corrected chi connectivity index (χ2v) is 10.9. The summed E-state index contributed by atoms with van der Waals surface area (Å²) < 4.78 is 4.93. The van der Waals surface area contributed by atoms with E-state index in [0.717, 1.165) is 13.2 Å². The largest absolute Gasteiger partial charge is 0.510 e. The number of fused-ring (bicyclic) bond motifs is 4. The molecule has 1 atom stereocenters. The lowest BCUT2D eigenvalue weighted by Crippen LogP contribution is -2.51. The summed E-state index contributed by atoms with van der Waals surface area (Å²) in [6.07, 6.45) is 1.28.